The van der Waals surface area contributed by atoms with Gasteiger partial charge in [-0.2, -0.15) is 5.01 Å². The van der Waals surface area contributed by atoms with E-state index in [1.165, 1.54) is 5.01 Å². The number of carbonyl (C=O) groups is 1. The number of ether oxygens (including phenoxy) is 1. The Hall–Kier alpha value is -4.23. The Morgan fingerprint density at radius 3 is 2.44 bits per heavy atom. The predicted molar refractivity (Wildman–Crippen MR) is 140 cm³/mol. The minimum absolute atomic E-state index is 0.238. The molecule has 0 aliphatic carbocycles. The Balaban J connectivity index is 1.58. The number of hydrazine groups is 1. The van der Waals surface area contributed by atoms with Crippen LogP contribution in [0.1, 0.15) is 16.7 Å². The summed E-state index contributed by atoms with van der Waals surface area (Å²) in [4.78, 5) is 17.8. The normalized spacial score (nSPS) is 14.4. The first-order valence-corrected chi connectivity index (χ1v) is 11.1. The molecule has 0 saturated carbocycles. The molecular formula is C27H24N4O2S. The van der Waals surface area contributed by atoms with Crippen molar-refractivity contribution in [3.05, 3.63) is 113 Å². The van der Waals surface area contributed by atoms with Gasteiger partial charge in [-0.1, -0.05) is 78.9 Å². The predicted octanol–water partition coefficient (Wildman–Crippen LogP) is 5.09. The number of allylic oxidation sites excluding steroid dienone is 2. The number of hydrogen-bond acceptors (Lipinski definition) is 4. The highest BCUT2D eigenvalue weighted by Crippen LogP contribution is 2.25. The van der Waals surface area contributed by atoms with Crippen molar-refractivity contribution in [1.29, 1.82) is 0 Å². The average molecular weight is 469 g/mol. The molecule has 1 heterocycles. The third-order valence-corrected chi connectivity index (χ3v) is 5.24. The van der Waals surface area contributed by atoms with Crippen LogP contribution in [-0.2, 0) is 4.79 Å². The van der Waals surface area contributed by atoms with E-state index in [-0.39, 0.29) is 11.0 Å². The van der Waals surface area contributed by atoms with Gasteiger partial charge in [-0.05, 0) is 48.5 Å². The van der Waals surface area contributed by atoms with Crippen LogP contribution >= 0.6 is 12.2 Å². The van der Waals surface area contributed by atoms with Crippen molar-refractivity contribution in [2.75, 3.05) is 12.4 Å². The lowest BCUT2D eigenvalue weighted by Gasteiger charge is -2.22. The highest BCUT2D eigenvalue weighted by Gasteiger charge is 2.31. The van der Waals surface area contributed by atoms with Crippen LogP contribution in [0.3, 0.4) is 0 Å². The number of thiocarbonyl (C=S) groups is 1. The largest absolute Gasteiger partial charge is 0.495 e. The number of carbonyl (C=O) groups excluding carboxylic acids is 1. The van der Waals surface area contributed by atoms with E-state index in [9.17, 15) is 4.79 Å². The molecule has 6 nitrogen and oxygen atoms in total. The Labute approximate surface area is 204 Å². The van der Waals surface area contributed by atoms with Gasteiger partial charge in [0.25, 0.3) is 5.91 Å². The van der Waals surface area contributed by atoms with Crippen molar-refractivity contribution >= 4 is 40.8 Å². The van der Waals surface area contributed by atoms with E-state index < -0.39 is 0 Å². The van der Waals surface area contributed by atoms with Crippen LogP contribution in [0.4, 0.5) is 5.69 Å². The summed E-state index contributed by atoms with van der Waals surface area (Å²) in [5.41, 5.74) is 6.85. The van der Waals surface area contributed by atoms with Crippen LogP contribution in [0, 0.1) is 6.92 Å². The van der Waals surface area contributed by atoms with E-state index in [2.05, 4.69) is 15.7 Å². The van der Waals surface area contributed by atoms with E-state index >= 15 is 0 Å². The molecule has 3 aromatic carbocycles. The van der Waals surface area contributed by atoms with Gasteiger partial charge in [0.05, 0.1) is 12.8 Å². The van der Waals surface area contributed by atoms with Gasteiger partial charge in [0.15, 0.2) is 10.9 Å². The number of aliphatic imine (C=N–C) groups is 1. The molecule has 4 rings (SSSR count). The number of hydrogen-bond donors (Lipinski definition) is 2. The van der Waals surface area contributed by atoms with Crippen molar-refractivity contribution < 1.29 is 9.53 Å². The molecule has 0 aromatic heterocycles. The Morgan fingerprint density at radius 1 is 1.03 bits per heavy atom. The molecule has 0 fully saturated rings. The molecule has 34 heavy (non-hydrogen) atoms. The molecule has 0 unspecified atom stereocenters. The zero-order chi connectivity index (χ0) is 23.9. The zero-order valence-electron chi connectivity index (χ0n) is 18.9. The number of rotatable bonds is 6. The highest BCUT2D eigenvalue weighted by atomic mass is 32.1. The first kappa shape index (κ1) is 22.9. The lowest BCUT2D eigenvalue weighted by atomic mass is 10.2. The second-order valence-electron chi connectivity index (χ2n) is 7.53. The Morgan fingerprint density at radius 2 is 1.74 bits per heavy atom. The van der Waals surface area contributed by atoms with E-state index in [1.807, 2.05) is 97.9 Å². The fourth-order valence-corrected chi connectivity index (χ4v) is 3.60. The Kier molecular flexibility index (Phi) is 7.15. The SMILES string of the molecule is COc1ccc(C)cc1NC(=S)NN1C(=O)/C(=C/C=C/c2ccccc2)N=C1c1ccccc1. The fraction of sp³-hybridized carbons (Fsp3) is 0.0741. The lowest BCUT2D eigenvalue weighted by molar-refractivity contribution is -0.123. The van der Waals surface area contributed by atoms with Crippen molar-refractivity contribution in [1.82, 2.24) is 10.4 Å². The zero-order valence-corrected chi connectivity index (χ0v) is 19.7. The highest BCUT2D eigenvalue weighted by molar-refractivity contribution is 7.80. The second kappa shape index (κ2) is 10.6. The quantitative estimate of drug-likeness (QED) is 0.390. The molecule has 0 radical (unpaired) electrons. The van der Waals surface area contributed by atoms with Crippen LogP contribution in [0.15, 0.2) is 102 Å². The van der Waals surface area contributed by atoms with Crippen LogP contribution in [-0.4, -0.2) is 29.0 Å². The molecule has 0 saturated heterocycles. The summed E-state index contributed by atoms with van der Waals surface area (Å²) in [5.74, 6) is 0.799. The maximum Gasteiger partial charge on any atom is 0.297 e. The first-order chi connectivity index (χ1) is 16.5. The molecule has 170 valence electrons. The van der Waals surface area contributed by atoms with Gasteiger partial charge in [-0.15, -0.1) is 0 Å². The van der Waals surface area contributed by atoms with Gasteiger partial charge in [0.1, 0.15) is 11.4 Å². The van der Waals surface area contributed by atoms with Gasteiger partial charge in [0.2, 0.25) is 0 Å². The summed E-state index contributed by atoms with van der Waals surface area (Å²) in [6.07, 6.45) is 5.43. The van der Waals surface area contributed by atoms with Crippen LogP contribution < -0.4 is 15.5 Å². The summed E-state index contributed by atoms with van der Waals surface area (Å²) >= 11 is 5.51. The van der Waals surface area contributed by atoms with E-state index in [0.29, 0.717) is 23.0 Å². The molecule has 1 amide bonds. The Bertz CT molecular complexity index is 1280. The van der Waals surface area contributed by atoms with Gasteiger partial charge in [0, 0.05) is 5.56 Å². The number of amidine groups is 1. The number of aryl methyl sites for hydroxylation is 1. The number of amides is 1. The van der Waals surface area contributed by atoms with Gasteiger partial charge >= 0.3 is 0 Å². The molecule has 0 spiro atoms. The third-order valence-electron chi connectivity index (χ3n) is 5.05. The van der Waals surface area contributed by atoms with Crippen LogP contribution in [0.2, 0.25) is 0 Å². The third kappa shape index (κ3) is 5.39. The molecule has 0 atom stereocenters. The van der Waals surface area contributed by atoms with Gasteiger partial charge < -0.3 is 10.1 Å². The maximum atomic E-state index is 13.2. The standard InChI is InChI=1S/C27H24N4O2S/c1-19-16-17-24(33-2)23(18-19)29-27(34)30-31-25(21-13-7-4-8-14-21)28-22(26(31)32)15-9-12-20-10-5-3-6-11-20/h3-18H,1-2H3,(H2,29,30,34)/b12-9+,22-15-. The van der Waals surface area contributed by atoms with Crippen molar-refractivity contribution in [2.45, 2.75) is 6.92 Å². The monoisotopic (exact) mass is 468 g/mol. The number of methoxy groups -OCH3 is 1. The summed E-state index contributed by atoms with van der Waals surface area (Å²) < 4.78 is 5.41. The molecule has 7 heteroatoms. The minimum Gasteiger partial charge on any atom is -0.495 e. The lowest BCUT2D eigenvalue weighted by Crippen LogP contribution is -2.49. The van der Waals surface area contributed by atoms with E-state index in [1.54, 1.807) is 13.2 Å². The summed E-state index contributed by atoms with van der Waals surface area (Å²) in [7, 11) is 1.59. The molecule has 0 bridgehead atoms. The van der Waals surface area contributed by atoms with E-state index in [0.717, 1.165) is 16.7 Å². The van der Waals surface area contributed by atoms with Crippen molar-refractivity contribution in [2.24, 2.45) is 4.99 Å². The molecule has 1 aliphatic rings. The first-order valence-electron chi connectivity index (χ1n) is 10.7. The molecule has 2 N–H and O–H groups in total. The average Bonchev–Trinajstić information content (AvgIpc) is 3.15. The van der Waals surface area contributed by atoms with Crippen molar-refractivity contribution in [3.8, 4) is 5.75 Å². The van der Waals surface area contributed by atoms with Crippen LogP contribution in [0.5, 0.6) is 5.75 Å². The summed E-state index contributed by atoms with van der Waals surface area (Å²) in [5, 5.41) is 4.71. The summed E-state index contributed by atoms with van der Waals surface area (Å²) in [6.45, 7) is 1.98. The molecule has 3 aromatic rings. The molecular weight excluding hydrogens is 444 g/mol. The summed E-state index contributed by atoms with van der Waals surface area (Å²) in [6, 6.07) is 25.1. The topological polar surface area (TPSA) is 66.0 Å². The van der Waals surface area contributed by atoms with Gasteiger partial charge in [-0.25, -0.2) is 4.99 Å². The maximum absolute atomic E-state index is 13.2. The number of anilines is 1. The fourth-order valence-electron chi connectivity index (χ4n) is 3.40. The second-order valence-corrected chi connectivity index (χ2v) is 7.94. The van der Waals surface area contributed by atoms with Gasteiger partial charge in [-0.3, -0.25) is 10.2 Å². The van der Waals surface area contributed by atoms with E-state index in [4.69, 9.17) is 17.0 Å². The number of nitrogens with one attached hydrogen (secondary N) is 2. The van der Waals surface area contributed by atoms with Crippen molar-refractivity contribution in [3.63, 3.8) is 0 Å². The van der Waals surface area contributed by atoms with Crippen LogP contribution in [0.25, 0.3) is 6.08 Å². The number of nitrogens with zero attached hydrogens (tertiary/aromatic N) is 2. The smallest absolute Gasteiger partial charge is 0.297 e. The number of benzene rings is 3. The minimum atomic E-state index is -0.308. The molecule has 1 aliphatic heterocycles.